The van der Waals surface area contributed by atoms with Gasteiger partial charge >= 0.3 is 6.03 Å². The van der Waals surface area contributed by atoms with Gasteiger partial charge in [0, 0.05) is 22.7 Å². The van der Waals surface area contributed by atoms with Crippen LogP contribution in [-0.4, -0.2) is 38.7 Å². The van der Waals surface area contributed by atoms with Crippen LogP contribution in [0.5, 0.6) is 0 Å². The number of nitriles is 1. The van der Waals surface area contributed by atoms with Crippen molar-refractivity contribution in [2.45, 2.75) is 62.6 Å². The number of primary amides is 1. The molecule has 194 valence electrons. The monoisotopic (exact) mass is 528 g/mol. The summed E-state index contributed by atoms with van der Waals surface area (Å²) in [5, 5.41) is 17.7. The van der Waals surface area contributed by atoms with Crippen LogP contribution in [0.4, 0.5) is 4.79 Å². The summed E-state index contributed by atoms with van der Waals surface area (Å²) in [7, 11) is 0. The van der Waals surface area contributed by atoms with E-state index in [0.717, 1.165) is 44.1 Å². The van der Waals surface area contributed by atoms with Gasteiger partial charge in [-0.25, -0.2) is 4.79 Å². The van der Waals surface area contributed by atoms with Crippen LogP contribution < -0.4 is 11.1 Å². The van der Waals surface area contributed by atoms with Crippen LogP contribution in [0.1, 0.15) is 65.7 Å². The van der Waals surface area contributed by atoms with Gasteiger partial charge in [0.25, 0.3) is 5.91 Å². The van der Waals surface area contributed by atoms with Gasteiger partial charge in [-0.05, 0) is 73.8 Å². The maximum Gasteiger partial charge on any atom is 0.318 e. The zero-order chi connectivity index (χ0) is 26.5. The second-order valence-electron chi connectivity index (χ2n) is 10.9. The summed E-state index contributed by atoms with van der Waals surface area (Å²) in [5.41, 5.74) is 9.90. The Morgan fingerprint density at radius 2 is 1.74 bits per heavy atom. The highest BCUT2D eigenvalue weighted by atomic mass is 35.5. The molecule has 2 aromatic carbocycles. The molecule has 7 rings (SSSR count). The Kier molecular flexibility index (Phi) is 5.92. The minimum atomic E-state index is -0.569. The third-order valence-electron chi connectivity index (χ3n) is 8.86. The lowest BCUT2D eigenvalue weighted by atomic mass is 9.55. The molecule has 2 bridgehead atoms. The molecule has 0 spiro atoms. The molecule has 3 fully saturated rings. The van der Waals surface area contributed by atoms with Crippen molar-refractivity contribution in [3.05, 3.63) is 75.9 Å². The van der Waals surface area contributed by atoms with Crippen LogP contribution in [0.3, 0.4) is 0 Å². The van der Waals surface area contributed by atoms with E-state index in [0.29, 0.717) is 40.6 Å². The Bertz CT molecular complexity index is 1450. The zero-order valence-corrected chi connectivity index (χ0v) is 21.8. The predicted molar refractivity (Wildman–Crippen MR) is 143 cm³/mol. The summed E-state index contributed by atoms with van der Waals surface area (Å²) in [6, 6.07) is 17.3. The highest BCUT2D eigenvalue weighted by Gasteiger charge is 2.50. The number of carbonyl (C=O) groups is 2. The van der Waals surface area contributed by atoms with Crippen molar-refractivity contribution in [2.75, 3.05) is 6.54 Å². The van der Waals surface area contributed by atoms with Gasteiger partial charge in [-0.3, -0.25) is 9.48 Å². The molecule has 3 N–H and O–H groups in total. The number of nitrogens with two attached hydrogens (primary N) is 1. The van der Waals surface area contributed by atoms with E-state index in [9.17, 15) is 9.59 Å². The van der Waals surface area contributed by atoms with Gasteiger partial charge in [0.1, 0.15) is 5.69 Å². The summed E-state index contributed by atoms with van der Waals surface area (Å²) in [6.45, 7) is 1.25. The van der Waals surface area contributed by atoms with E-state index in [1.165, 1.54) is 5.56 Å². The summed E-state index contributed by atoms with van der Waals surface area (Å²) in [5.74, 6) is -0.569. The molecule has 9 heteroatoms. The molecule has 3 aromatic rings. The molecule has 2 heterocycles. The number of carbonyl (C=O) groups excluding carboxylic acids is 2. The number of urea groups is 1. The van der Waals surface area contributed by atoms with Gasteiger partial charge < -0.3 is 16.0 Å². The largest absolute Gasteiger partial charge is 0.365 e. The first-order valence-corrected chi connectivity index (χ1v) is 13.4. The van der Waals surface area contributed by atoms with Crippen LogP contribution in [0, 0.1) is 11.3 Å². The average molecular weight is 529 g/mol. The lowest BCUT2D eigenvalue weighted by Gasteiger charge is -2.54. The van der Waals surface area contributed by atoms with Gasteiger partial charge in [0.05, 0.1) is 36.0 Å². The normalized spacial score (nSPS) is 23.9. The highest BCUT2D eigenvalue weighted by molar-refractivity contribution is 6.30. The number of rotatable bonds is 4. The fraction of sp³-hybridized carbons (Fsp3) is 0.379. The van der Waals surface area contributed by atoms with Crippen LogP contribution >= 0.6 is 11.6 Å². The number of amides is 3. The van der Waals surface area contributed by atoms with Crippen molar-refractivity contribution in [3.63, 3.8) is 0 Å². The Hall–Kier alpha value is -3.83. The summed E-state index contributed by atoms with van der Waals surface area (Å²) >= 11 is 6.17. The van der Waals surface area contributed by atoms with Gasteiger partial charge in [-0.2, -0.15) is 10.4 Å². The van der Waals surface area contributed by atoms with E-state index in [1.807, 2.05) is 24.3 Å². The molecule has 3 amide bonds. The van der Waals surface area contributed by atoms with Crippen molar-refractivity contribution in [2.24, 2.45) is 5.73 Å². The smallest absolute Gasteiger partial charge is 0.318 e. The molecule has 0 saturated heterocycles. The van der Waals surface area contributed by atoms with Gasteiger partial charge in [0.15, 0.2) is 0 Å². The SMILES string of the molecule is N#Cc1ccc(C23CCC(NC(=O)N4CCn5nc(-c6cccc(Cl)c6)c(C(N)=O)c5C4)(CC2)CC3)cc1. The summed E-state index contributed by atoms with van der Waals surface area (Å²) in [6.07, 6.45) is 5.82. The molecule has 3 aliphatic carbocycles. The number of hydrogen-bond donors (Lipinski definition) is 2. The number of fused-ring (bicyclic) bond motifs is 4. The van der Waals surface area contributed by atoms with Crippen molar-refractivity contribution in [1.29, 1.82) is 5.26 Å². The van der Waals surface area contributed by atoms with E-state index in [2.05, 4.69) is 28.6 Å². The molecular formula is C29H29ClN6O2. The maximum atomic E-state index is 13.5. The fourth-order valence-corrected chi connectivity index (χ4v) is 6.79. The van der Waals surface area contributed by atoms with Crippen LogP contribution in [0.2, 0.25) is 5.02 Å². The maximum absolute atomic E-state index is 13.5. The van der Waals surface area contributed by atoms with Crippen LogP contribution in [0.15, 0.2) is 48.5 Å². The molecule has 0 unspecified atom stereocenters. The third-order valence-corrected chi connectivity index (χ3v) is 9.09. The molecule has 8 nitrogen and oxygen atoms in total. The number of nitrogens with zero attached hydrogens (tertiary/aromatic N) is 4. The van der Waals surface area contributed by atoms with E-state index in [1.54, 1.807) is 21.7 Å². The quantitative estimate of drug-likeness (QED) is 0.508. The molecule has 4 aliphatic rings. The van der Waals surface area contributed by atoms with Gasteiger partial charge in [-0.1, -0.05) is 35.9 Å². The Morgan fingerprint density at radius 3 is 2.37 bits per heavy atom. The van der Waals surface area contributed by atoms with E-state index in [4.69, 9.17) is 22.6 Å². The third kappa shape index (κ3) is 4.11. The van der Waals surface area contributed by atoms with Crippen molar-refractivity contribution in [3.8, 4) is 17.3 Å². The number of halogens is 1. The molecule has 38 heavy (non-hydrogen) atoms. The average Bonchev–Trinajstić information content (AvgIpc) is 3.33. The molecule has 1 aliphatic heterocycles. The molecule has 3 saturated carbocycles. The van der Waals surface area contributed by atoms with E-state index < -0.39 is 5.91 Å². The number of aromatic nitrogens is 2. The summed E-state index contributed by atoms with van der Waals surface area (Å²) in [4.78, 5) is 27.8. The van der Waals surface area contributed by atoms with Crippen LogP contribution in [-0.2, 0) is 18.5 Å². The Morgan fingerprint density at radius 1 is 1.03 bits per heavy atom. The topological polar surface area (TPSA) is 117 Å². The summed E-state index contributed by atoms with van der Waals surface area (Å²) < 4.78 is 1.78. The highest BCUT2D eigenvalue weighted by Crippen LogP contribution is 2.53. The lowest BCUT2D eigenvalue weighted by Crippen LogP contribution is -2.60. The number of benzene rings is 2. The molecular weight excluding hydrogens is 500 g/mol. The second-order valence-corrected chi connectivity index (χ2v) is 11.3. The first kappa shape index (κ1) is 24.5. The van der Waals surface area contributed by atoms with Crippen LogP contribution in [0.25, 0.3) is 11.3 Å². The number of hydrogen-bond acceptors (Lipinski definition) is 4. The predicted octanol–water partition coefficient (Wildman–Crippen LogP) is 4.74. The van der Waals surface area contributed by atoms with Gasteiger partial charge in [-0.15, -0.1) is 0 Å². The van der Waals surface area contributed by atoms with E-state index >= 15 is 0 Å². The Balaban J connectivity index is 1.17. The first-order valence-electron chi connectivity index (χ1n) is 13.0. The minimum absolute atomic E-state index is 0.107. The van der Waals surface area contributed by atoms with Crippen molar-refractivity contribution < 1.29 is 9.59 Å². The lowest BCUT2D eigenvalue weighted by molar-refractivity contribution is 0.0750. The number of nitrogens with one attached hydrogen (secondary N) is 1. The molecule has 0 radical (unpaired) electrons. The minimum Gasteiger partial charge on any atom is -0.365 e. The zero-order valence-electron chi connectivity index (χ0n) is 21.0. The second kappa shape index (κ2) is 9.17. The standard InChI is InChI=1S/C29H29ClN6O2/c30-22-3-1-2-20(16-22)25-24(26(32)37)23-18-35(14-15-36(23)34-25)27(38)33-29-11-8-28(9-12-29,10-13-29)21-6-4-19(17-31)5-7-21/h1-7,16H,8-15,18H2,(H2,32,37)(H,33,38). The Labute approximate surface area is 226 Å². The fourth-order valence-electron chi connectivity index (χ4n) is 6.60. The van der Waals surface area contributed by atoms with E-state index in [-0.39, 0.29) is 23.5 Å². The first-order chi connectivity index (χ1) is 18.3. The van der Waals surface area contributed by atoms with Gasteiger partial charge in [0.2, 0.25) is 0 Å². The van der Waals surface area contributed by atoms with Crippen molar-refractivity contribution >= 4 is 23.5 Å². The van der Waals surface area contributed by atoms with Crippen molar-refractivity contribution in [1.82, 2.24) is 20.0 Å². The molecule has 0 atom stereocenters. The molecule has 1 aromatic heterocycles.